The lowest BCUT2D eigenvalue weighted by Crippen LogP contribution is -1.90. The predicted octanol–water partition coefficient (Wildman–Crippen LogP) is 4.21. The van der Waals surface area contributed by atoms with E-state index >= 15 is 0 Å². The topological polar surface area (TPSA) is 46.5 Å². The Morgan fingerprint density at radius 3 is 2.00 bits per heavy atom. The molecular formula is C10H22FO3P. The van der Waals surface area contributed by atoms with E-state index in [1.165, 1.54) is 32.1 Å². The fourth-order valence-corrected chi connectivity index (χ4v) is 1.77. The van der Waals surface area contributed by atoms with Gasteiger partial charge in [0.1, 0.15) is 0 Å². The summed E-state index contributed by atoms with van der Waals surface area (Å²) in [4.78, 5) is 8.18. The summed E-state index contributed by atoms with van der Waals surface area (Å²) in [5.74, 6) is 0. The van der Waals surface area contributed by atoms with Gasteiger partial charge in [-0.15, -0.1) is 4.20 Å². The zero-order valence-electron chi connectivity index (χ0n) is 9.45. The highest BCUT2D eigenvalue weighted by atomic mass is 31.2. The Kier molecular flexibility index (Phi) is 9.37. The van der Waals surface area contributed by atoms with E-state index in [0.29, 0.717) is 6.42 Å². The van der Waals surface area contributed by atoms with Crippen LogP contribution in [0.2, 0.25) is 0 Å². The Morgan fingerprint density at radius 1 is 1.07 bits per heavy atom. The molecule has 0 bridgehead atoms. The Morgan fingerprint density at radius 2 is 1.53 bits per heavy atom. The van der Waals surface area contributed by atoms with E-state index in [2.05, 4.69) is 11.4 Å². The first-order chi connectivity index (χ1) is 7.06. The molecule has 0 aliphatic carbocycles. The molecule has 0 radical (unpaired) electrons. The molecule has 0 aromatic heterocycles. The lowest BCUT2D eigenvalue weighted by Gasteiger charge is -2.03. The third-order valence-corrected chi connectivity index (χ3v) is 2.75. The lowest BCUT2D eigenvalue weighted by atomic mass is 10.1. The van der Waals surface area contributed by atoms with Gasteiger partial charge in [0.15, 0.2) is 0 Å². The highest BCUT2D eigenvalue weighted by molar-refractivity contribution is 7.46. The largest absolute Gasteiger partial charge is 0.510 e. The molecule has 0 amide bonds. The van der Waals surface area contributed by atoms with E-state index in [0.717, 1.165) is 12.8 Å². The molecule has 15 heavy (non-hydrogen) atoms. The van der Waals surface area contributed by atoms with Crippen molar-refractivity contribution in [2.45, 2.75) is 58.3 Å². The summed E-state index contributed by atoms with van der Waals surface area (Å²) in [5, 5.41) is 0. The van der Waals surface area contributed by atoms with Gasteiger partial charge in [-0.1, -0.05) is 51.9 Å². The molecule has 0 rings (SSSR count). The first kappa shape index (κ1) is 15.1. The van der Waals surface area contributed by atoms with Gasteiger partial charge in [-0.2, -0.15) is 0 Å². The van der Waals surface area contributed by atoms with Crippen molar-refractivity contribution < 1.29 is 18.2 Å². The maximum Gasteiger partial charge on any atom is 0.510 e. The number of rotatable bonds is 10. The van der Waals surface area contributed by atoms with Crippen LogP contribution in [0.5, 0.6) is 0 Å². The zero-order chi connectivity index (χ0) is 11.6. The number of unbranched alkanes of at least 4 members (excludes halogenated alkanes) is 7. The summed E-state index contributed by atoms with van der Waals surface area (Å²) >= 11 is 0. The van der Waals surface area contributed by atoms with Crippen LogP contribution in [0.1, 0.15) is 58.3 Å². The number of hydrogen-bond acceptors (Lipinski definition) is 2. The number of hydrogen-bond donors (Lipinski definition) is 1. The fourth-order valence-electron chi connectivity index (χ4n) is 1.41. The van der Waals surface area contributed by atoms with Gasteiger partial charge in [0.05, 0.1) is 6.61 Å². The van der Waals surface area contributed by atoms with Crippen LogP contribution in [0.15, 0.2) is 0 Å². The first-order valence-electron chi connectivity index (χ1n) is 5.73. The van der Waals surface area contributed by atoms with E-state index in [9.17, 15) is 8.76 Å². The summed E-state index contributed by atoms with van der Waals surface area (Å²) in [6.07, 6.45) is 8.93. The molecule has 0 aliphatic heterocycles. The van der Waals surface area contributed by atoms with Crippen molar-refractivity contribution in [3.63, 3.8) is 0 Å². The van der Waals surface area contributed by atoms with Gasteiger partial charge < -0.3 is 0 Å². The van der Waals surface area contributed by atoms with Crippen LogP contribution in [0.25, 0.3) is 0 Å². The molecule has 0 aliphatic rings. The smallest absolute Gasteiger partial charge is 0.299 e. The van der Waals surface area contributed by atoms with Crippen molar-refractivity contribution in [2.75, 3.05) is 6.61 Å². The molecule has 0 saturated carbocycles. The van der Waals surface area contributed by atoms with E-state index in [1.807, 2.05) is 0 Å². The highest BCUT2D eigenvalue weighted by Crippen LogP contribution is 2.43. The van der Waals surface area contributed by atoms with Crippen LogP contribution in [0.3, 0.4) is 0 Å². The Labute approximate surface area is 91.7 Å². The van der Waals surface area contributed by atoms with Crippen LogP contribution < -0.4 is 0 Å². The molecule has 0 saturated heterocycles. The summed E-state index contributed by atoms with van der Waals surface area (Å²) in [6, 6.07) is 0. The van der Waals surface area contributed by atoms with Crippen molar-refractivity contribution in [1.82, 2.24) is 0 Å². The van der Waals surface area contributed by atoms with Gasteiger partial charge in [0.25, 0.3) is 0 Å². The third-order valence-electron chi connectivity index (χ3n) is 2.25. The Bertz CT molecular complexity index is 182. The summed E-state index contributed by atoms with van der Waals surface area (Å²) in [5.41, 5.74) is 0. The van der Waals surface area contributed by atoms with Crippen molar-refractivity contribution in [3.8, 4) is 0 Å². The lowest BCUT2D eigenvalue weighted by molar-refractivity contribution is 0.221. The van der Waals surface area contributed by atoms with Gasteiger partial charge in [-0.25, -0.2) is 4.57 Å². The minimum Gasteiger partial charge on any atom is -0.299 e. The molecule has 1 N–H and O–H groups in total. The Hall–Kier alpha value is 0.0800. The van der Waals surface area contributed by atoms with Crippen molar-refractivity contribution in [2.24, 2.45) is 0 Å². The molecule has 92 valence electrons. The van der Waals surface area contributed by atoms with Gasteiger partial charge in [0.2, 0.25) is 0 Å². The van der Waals surface area contributed by atoms with Gasteiger partial charge in [-0.3, -0.25) is 9.42 Å². The normalized spacial score (nSPS) is 15.1. The number of halogens is 1. The van der Waals surface area contributed by atoms with Gasteiger partial charge in [0, 0.05) is 0 Å². The average Bonchev–Trinajstić information content (AvgIpc) is 2.14. The minimum absolute atomic E-state index is 0.0409. The second-order valence-electron chi connectivity index (χ2n) is 3.76. The van der Waals surface area contributed by atoms with Crippen molar-refractivity contribution >= 4 is 7.91 Å². The van der Waals surface area contributed by atoms with Crippen LogP contribution >= 0.6 is 7.91 Å². The third kappa shape index (κ3) is 14.1. The second-order valence-corrected chi connectivity index (χ2v) is 4.92. The molecule has 0 aromatic rings. The zero-order valence-corrected chi connectivity index (χ0v) is 10.3. The quantitative estimate of drug-likeness (QED) is 0.459. The average molecular weight is 240 g/mol. The summed E-state index contributed by atoms with van der Waals surface area (Å²) in [7, 11) is -4.74. The van der Waals surface area contributed by atoms with Crippen LogP contribution in [-0.2, 0) is 9.09 Å². The monoisotopic (exact) mass is 240 g/mol. The van der Waals surface area contributed by atoms with E-state index < -0.39 is 7.91 Å². The highest BCUT2D eigenvalue weighted by Gasteiger charge is 2.15. The SMILES string of the molecule is CCCCCCCCCCOP(=O)(O)F. The molecule has 3 nitrogen and oxygen atoms in total. The molecule has 0 fully saturated rings. The molecule has 5 heteroatoms. The van der Waals surface area contributed by atoms with Crippen LogP contribution in [-0.4, -0.2) is 11.5 Å². The van der Waals surface area contributed by atoms with Crippen LogP contribution in [0.4, 0.5) is 4.20 Å². The van der Waals surface area contributed by atoms with E-state index in [4.69, 9.17) is 4.89 Å². The van der Waals surface area contributed by atoms with Gasteiger partial charge in [-0.05, 0) is 6.42 Å². The summed E-state index contributed by atoms with van der Waals surface area (Å²) < 4.78 is 26.2. The molecule has 0 heterocycles. The first-order valence-corrected chi connectivity index (χ1v) is 7.20. The van der Waals surface area contributed by atoms with Crippen molar-refractivity contribution in [1.29, 1.82) is 0 Å². The molecule has 0 aromatic carbocycles. The standard InChI is InChI=1S/C10H22FO3P/c1-2-3-4-5-6-7-8-9-10-14-15(11,12)13/h2-10H2,1H3,(H,12,13). The molecule has 1 atom stereocenters. The second kappa shape index (κ2) is 9.32. The fraction of sp³-hybridized carbons (Fsp3) is 1.00. The van der Waals surface area contributed by atoms with E-state index in [-0.39, 0.29) is 6.61 Å². The maximum absolute atomic E-state index is 12.0. The maximum atomic E-state index is 12.0. The minimum atomic E-state index is -4.74. The molecule has 0 spiro atoms. The summed E-state index contributed by atoms with van der Waals surface area (Å²) in [6.45, 7) is 2.22. The molecule has 1 unspecified atom stereocenters. The predicted molar refractivity (Wildman–Crippen MR) is 59.5 cm³/mol. The van der Waals surface area contributed by atoms with Crippen molar-refractivity contribution in [3.05, 3.63) is 0 Å². The Balaban J connectivity index is 3.02. The van der Waals surface area contributed by atoms with Crippen LogP contribution in [0, 0.1) is 0 Å². The molecular weight excluding hydrogens is 218 g/mol. The van der Waals surface area contributed by atoms with Gasteiger partial charge >= 0.3 is 7.91 Å². The van der Waals surface area contributed by atoms with E-state index in [1.54, 1.807) is 0 Å².